The molecule has 1 fully saturated rings. The number of nitrogens with one attached hydrogen (secondary N) is 3. The monoisotopic (exact) mass is 514 g/mol. The number of benzene rings is 1. The summed E-state index contributed by atoms with van der Waals surface area (Å²) in [5.41, 5.74) is 18.1. The molecule has 0 spiro atoms. The maximum atomic E-state index is 13.4. The second-order valence-corrected chi connectivity index (χ2v) is 8.98. The Balaban J connectivity index is 1.65. The summed E-state index contributed by atoms with van der Waals surface area (Å²) in [7, 11) is 0. The highest BCUT2D eigenvalue weighted by molar-refractivity contribution is 5.93. The lowest BCUT2D eigenvalue weighted by atomic mass is 10.0. The SMILES string of the molecule is NC(N)=NCCCC(N)C(=O)NCC(=O)NC(Cc1c[nH]c2ccccc12)C(=O)N1CCCC1C(=O)O. The van der Waals surface area contributed by atoms with Gasteiger partial charge in [-0.1, -0.05) is 18.2 Å². The Kier molecular flexibility index (Phi) is 9.44. The molecule has 0 saturated carbocycles. The molecule has 1 aliphatic rings. The molecular formula is C24H34N8O5. The number of carbonyl (C=O) groups excluding carboxylic acids is 3. The normalized spacial score (nSPS) is 16.7. The maximum Gasteiger partial charge on any atom is 0.326 e. The summed E-state index contributed by atoms with van der Waals surface area (Å²) >= 11 is 0. The van der Waals surface area contributed by atoms with Crippen molar-refractivity contribution in [3.05, 3.63) is 36.0 Å². The number of aromatic nitrogens is 1. The lowest BCUT2D eigenvalue weighted by Crippen LogP contribution is -2.54. The molecule has 13 nitrogen and oxygen atoms in total. The number of aliphatic imine (C=N–C) groups is 1. The van der Waals surface area contributed by atoms with Crippen LogP contribution in [0.2, 0.25) is 0 Å². The summed E-state index contributed by atoms with van der Waals surface area (Å²) < 4.78 is 0. The van der Waals surface area contributed by atoms with E-state index in [2.05, 4.69) is 20.6 Å². The number of rotatable bonds is 12. The minimum absolute atomic E-state index is 0.0463. The second-order valence-electron chi connectivity index (χ2n) is 8.98. The van der Waals surface area contributed by atoms with Crippen molar-refractivity contribution >= 4 is 40.6 Å². The number of hydrogen-bond acceptors (Lipinski definition) is 6. The van der Waals surface area contributed by atoms with Crippen molar-refractivity contribution < 1.29 is 24.3 Å². The molecule has 3 rings (SSSR count). The lowest BCUT2D eigenvalue weighted by Gasteiger charge is -2.27. The zero-order chi connectivity index (χ0) is 26.9. The van der Waals surface area contributed by atoms with Crippen molar-refractivity contribution in [3.63, 3.8) is 0 Å². The molecule has 1 aromatic carbocycles. The van der Waals surface area contributed by atoms with E-state index in [4.69, 9.17) is 17.2 Å². The van der Waals surface area contributed by atoms with Crippen LogP contribution in [0.25, 0.3) is 10.9 Å². The zero-order valence-corrected chi connectivity index (χ0v) is 20.5. The highest BCUT2D eigenvalue weighted by atomic mass is 16.4. The number of carbonyl (C=O) groups is 4. The van der Waals surface area contributed by atoms with Gasteiger partial charge in [0.05, 0.1) is 12.6 Å². The van der Waals surface area contributed by atoms with Gasteiger partial charge in [0.15, 0.2) is 5.96 Å². The van der Waals surface area contributed by atoms with E-state index in [0.29, 0.717) is 38.8 Å². The van der Waals surface area contributed by atoms with Gasteiger partial charge >= 0.3 is 5.97 Å². The van der Waals surface area contributed by atoms with Gasteiger partial charge in [-0.25, -0.2) is 4.79 Å². The Bertz CT molecular complexity index is 1160. The van der Waals surface area contributed by atoms with Crippen LogP contribution in [0, 0.1) is 0 Å². The van der Waals surface area contributed by atoms with Crippen LogP contribution in [0.1, 0.15) is 31.2 Å². The first-order valence-electron chi connectivity index (χ1n) is 12.1. The fourth-order valence-corrected chi connectivity index (χ4v) is 4.40. The van der Waals surface area contributed by atoms with Crippen LogP contribution in [0.3, 0.4) is 0 Å². The third-order valence-electron chi connectivity index (χ3n) is 6.28. The predicted octanol–water partition coefficient (Wildman–Crippen LogP) is -1.23. The number of carboxylic acid groups (broad SMARTS) is 1. The predicted molar refractivity (Wildman–Crippen MR) is 137 cm³/mol. The number of aliphatic carboxylic acids is 1. The van der Waals surface area contributed by atoms with E-state index in [-0.39, 0.29) is 18.9 Å². The summed E-state index contributed by atoms with van der Waals surface area (Å²) in [4.78, 5) is 58.3. The van der Waals surface area contributed by atoms with Crippen LogP contribution in [0.4, 0.5) is 0 Å². The van der Waals surface area contributed by atoms with Crippen molar-refractivity contribution in [2.75, 3.05) is 19.6 Å². The molecule has 13 heteroatoms. The van der Waals surface area contributed by atoms with E-state index in [1.54, 1.807) is 6.20 Å². The van der Waals surface area contributed by atoms with Gasteiger partial charge in [0.2, 0.25) is 17.7 Å². The van der Waals surface area contributed by atoms with Crippen LogP contribution < -0.4 is 27.8 Å². The fourth-order valence-electron chi connectivity index (χ4n) is 4.40. The third kappa shape index (κ3) is 7.43. The Morgan fingerprint density at radius 1 is 1.22 bits per heavy atom. The van der Waals surface area contributed by atoms with Gasteiger partial charge in [0.25, 0.3) is 0 Å². The number of amides is 3. The molecule has 1 aliphatic heterocycles. The molecule has 200 valence electrons. The molecular weight excluding hydrogens is 480 g/mol. The van der Waals surface area contributed by atoms with Gasteiger partial charge in [-0.2, -0.15) is 0 Å². The molecule has 3 unspecified atom stereocenters. The first kappa shape index (κ1) is 27.5. The van der Waals surface area contributed by atoms with E-state index < -0.39 is 41.8 Å². The standard InChI is InChI=1S/C24H34N8O5/c25-16(6-3-9-28-24(26)27)21(34)30-13-20(33)31-18(22(35)32-10-4-8-19(32)23(36)37)11-14-12-29-17-7-2-1-5-15(14)17/h1-2,5,7,12,16,18-19,29H,3-4,6,8-11,13,25H2,(H,30,34)(H,31,33)(H,36,37)(H4,26,27,28). The van der Waals surface area contributed by atoms with Crippen molar-refractivity contribution in [2.45, 2.75) is 50.2 Å². The molecule has 0 radical (unpaired) electrons. The van der Waals surface area contributed by atoms with Crippen LogP contribution in [0.5, 0.6) is 0 Å². The van der Waals surface area contributed by atoms with Gasteiger partial charge in [-0.15, -0.1) is 0 Å². The molecule has 2 aromatic rings. The van der Waals surface area contributed by atoms with E-state index in [1.807, 2.05) is 24.3 Å². The summed E-state index contributed by atoms with van der Waals surface area (Å²) in [5, 5.41) is 15.6. The first-order valence-corrected chi connectivity index (χ1v) is 12.1. The van der Waals surface area contributed by atoms with E-state index in [9.17, 15) is 24.3 Å². The van der Waals surface area contributed by atoms with E-state index in [0.717, 1.165) is 16.5 Å². The Morgan fingerprint density at radius 2 is 1.97 bits per heavy atom. The van der Waals surface area contributed by atoms with Gasteiger partial charge in [-0.3, -0.25) is 19.4 Å². The summed E-state index contributed by atoms with van der Waals surface area (Å²) in [5.74, 6) is -2.72. The summed E-state index contributed by atoms with van der Waals surface area (Å²) in [6.07, 6.45) is 3.63. The molecule has 10 N–H and O–H groups in total. The molecule has 2 heterocycles. The number of hydrogen-bond donors (Lipinski definition) is 7. The fraction of sp³-hybridized carbons (Fsp3) is 0.458. The van der Waals surface area contributed by atoms with Gasteiger partial charge < -0.3 is 42.8 Å². The molecule has 3 amide bonds. The molecule has 0 aliphatic carbocycles. The number of aromatic amines is 1. The number of H-pyrrole nitrogens is 1. The molecule has 3 atom stereocenters. The Labute approximate surface area is 213 Å². The van der Waals surface area contributed by atoms with Crippen molar-refractivity contribution in [3.8, 4) is 0 Å². The quantitative estimate of drug-likeness (QED) is 0.103. The van der Waals surface area contributed by atoms with Gasteiger partial charge in [-0.05, 0) is 37.3 Å². The van der Waals surface area contributed by atoms with E-state index in [1.165, 1.54) is 4.90 Å². The highest BCUT2D eigenvalue weighted by Crippen LogP contribution is 2.22. The topological polar surface area (TPSA) is 222 Å². The van der Waals surface area contributed by atoms with Crippen molar-refractivity contribution in [2.24, 2.45) is 22.2 Å². The highest BCUT2D eigenvalue weighted by Gasteiger charge is 2.37. The first-order chi connectivity index (χ1) is 17.7. The third-order valence-corrected chi connectivity index (χ3v) is 6.28. The molecule has 37 heavy (non-hydrogen) atoms. The second kappa shape index (κ2) is 12.7. The van der Waals surface area contributed by atoms with E-state index >= 15 is 0 Å². The van der Waals surface area contributed by atoms with Gasteiger partial charge in [0.1, 0.15) is 12.1 Å². The van der Waals surface area contributed by atoms with Crippen LogP contribution in [0.15, 0.2) is 35.5 Å². The van der Waals surface area contributed by atoms with Crippen molar-refractivity contribution in [1.29, 1.82) is 0 Å². The Morgan fingerprint density at radius 3 is 2.70 bits per heavy atom. The number of fused-ring (bicyclic) bond motifs is 1. The average molecular weight is 515 g/mol. The number of guanidine groups is 1. The molecule has 0 bridgehead atoms. The number of nitrogens with two attached hydrogens (primary N) is 3. The summed E-state index contributed by atoms with van der Waals surface area (Å²) in [6.45, 7) is 0.233. The smallest absolute Gasteiger partial charge is 0.326 e. The number of carboxylic acids is 1. The number of para-hydroxylation sites is 1. The molecule has 1 saturated heterocycles. The minimum atomic E-state index is -1.08. The van der Waals surface area contributed by atoms with Crippen LogP contribution in [-0.2, 0) is 25.6 Å². The number of nitrogens with zero attached hydrogens (tertiary/aromatic N) is 2. The summed E-state index contributed by atoms with van der Waals surface area (Å²) in [6, 6.07) is 4.73. The van der Waals surface area contributed by atoms with Gasteiger partial charge in [0, 0.05) is 36.6 Å². The molecule has 1 aromatic heterocycles. The maximum absolute atomic E-state index is 13.4. The largest absolute Gasteiger partial charge is 0.480 e. The van der Waals surface area contributed by atoms with Crippen LogP contribution in [-0.4, -0.2) is 82.4 Å². The minimum Gasteiger partial charge on any atom is -0.480 e. The average Bonchev–Trinajstić information content (AvgIpc) is 3.52. The number of likely N-dealkylation sites (tertiary alicyclic amines) is 1. The van der Waals surface area contributed by atoms with Crippen LogP contribution >= 0.6 is 0 Å². The zero-order valence-electron chi connectivity index (χ0n) is 20.5. The Hall–Kier alpha value is -4.13. The van der Waals surface area contributed by atoms with Crippen molar-refractivity contribution in [1.82, 2.24) is 20.5 Å². The lowest BCUT2D eigenvalue weighted by molar-refractivity contribution is -0.149.